The Labute approximate surface area is 95.0 Å². The van der Waals surface area contributed by atoms with Gasteiger partial charge in [0.2, 0.25) is 0 Å². The minimum absolute atomic E-state index is 0.666. The van der Waals surface area contributed by atoms with Gasteiger partial charge in [-0.3, -0.25) is 0 Å². The Bertz CT molecular complexity index is 233. The first-order valence-corrected chi connectivity index (χ1v) is 6.97. The van der Waals surface area contributed by atoms with Crippen molar-refractivity contribution < 1.29 is 0 Å². The SMILES string of the molecule is CC1(C)C2CC3CC(C2)[C@@H](I)C1C3. The second kappa shape index (κ2) is 2.65. The third-order valence-electron chi connectivity index (χ3n) is 5.27. The average molecular weight is 290 g/mol. The van der Waals surface area contributed by atoms with E-state index in [1.165, 1.54) is 0 Å². The van der Waals surface area contributed by atoms with E-state index in [4.69, 9.17) is 0 Å². The fraction of sp³-hybridized carbons (Fsp3) is 1.00. The maximum absolute atomic E-state index is 2.75. The number of hydrogen-bond acceptors (Lipinski definition) is 0. The van der Waals surface area contributed by atoms with E-state index < -0.39 is 0 Å². The molecule has 4 saturated carbocycles. The highest BCUT2D eigenvalue weighted by Crippen LogP contribution is 2.63. The van der Waals surface area contributed by atoms with Gasteiger partial charge in [0.15, 0.2) is 0 Å². The molecule has 4 fully saturated rings. The Morgan fingerprint density at radius 2 is 1.85 bits per heavy atom. The molecule has 0 aromatic heterocycles. The van der Waals surface area contributed by atoms with Crippen LogP contribution in [0, 0.1) is 29.1 Å². The molecular weight excluding hydrogens is 271 g/mol. The molecule has 0 heterocycles. The first-order valence-electron chi connectivity index (χ1n) is 5.73. The van der Waals surface area contributed by atoms with E-state index in [1.807, 2.05) is 0 Å². The first kappa shape index (κ1) is 8.99. The van der Waals surface area contributed by atoms with Crippen molar-refractivity contribution in [3.05, 3.63) is 0 Å². The molecule has 5 atom stereocenters. The van der Waals surface area contributed by atoms with Crippen LogP contribution in [0.5, 0.6) is 0 Å². The highest BCUT2D eigenvalue weighted by molar-refractivity contribution is 14.1. The van der Waals surface area contributed by atoms with Crippen molar-refractivity contribution >= 4 is 22.6 Å². The van der Waals surface area contributed by atoms with Gasteiger partial charge in [0.1, 0.15) is 0 Å². The summed E-state index contributed by atoms with van der Waals surface area (Å²) in [4.78, 5) is 0. The topological polar surface area (TPSA) is 0 Å². The Morgan fingerprint density at radius 1 is 1.08 bits per heavy atom. The molecule has 0 aromatic rings. The fourth-order valence-corrected chi connectivity index (χ4v) is 6.19. The number of rotatable bonds is 0. The summed E-state index contributed by atoms with van der Waals surface area (Å²) in [6.45, 7) is 5.07. The molecule has 4 rings (SSSR count). The molecule has 0 N–H and O–H groups in total. The van der Waals surface area contributed by atoms with Crippen LogP contribution in [0.3, 0.4) is 0 Å². The molecule has 1 heteroatoms. The van der Waals surface area contributed by atoms with Crippen LogP contribution in [-0.4, -0.2) is 3.92 Å². The molecule has 0 radical (unpaired) electrons. The van der Waals surface area contributed by atoms with Crippen LogP contribution in [-0.2, 0) is 0 Å². The monoisotopic (exact) mass is 290 g/mol. The summed E-state index contributed by atoms with van der Waals surface area (Å²) in [5.74, 6) is 4.33. The van der Waals surface area contributed by atoms with Gasteiger partial charge in [0.05, 0.1) is 0 Å². The highest BCUT2D eigenvalue weighted by atomic mass is 127. The van der Waals surface area contributed by atoms with Gasteiger partial charge in [-0.05, 0) is 54.8 Å². The standard InChI is InChI=1S/C12H19I/c1-12(2)9-4-7-3-8(6-9)11(13)10(12)5-7/h7-11H,3-6H2,1-2H3/t7?,8?,9?,10?,11-/m1/s1. The molecule has 0 amide bonds. The van der Waals surface area contributed by atoms with Crippen LogP contribution in [0.4, 0.5) is 0 Å². The summed E-state index contributed by atoms with van der Waals surface area (Å²) in [6.07, 6.45) is 6.22. The molecule has 0 aliphatic heterocycles. The predicted molar refractivity (Wildman–Crippen MR) is 64.0 cm³/mol. The number of alkyl halides is 1. The third kappa shape index (κ3) is 1.09. The van der Waals surface area contributed by atoms with Gasteiger partial charge in [0.25, 0.3) is 0 Å². The Hall–Kier alpha value is 0.730. The Morgan fingerprint density at radius 3 is 2.62 bits per heavy atom. The molecule has 4 aliphatic carbocycles. The number of halogens is 1. The minimum atomic E-state index is 0.666. The van der Waals surface area contributed by atoms with Crippen molar-refractivity contribution in [2.24, 2.45) is 29.1 Å². The second-order valence-corrected chi connectivity index (χ2v) is 7.58. The minimum Gasteiger partial charge on any atom is -0.0820 e. The van der Waals surface area contributed by atoms with Gasteiger partial charge >= 0.3 is 0 Å². The molecule has 0 nitrogen and oxygen atoms in total. The smallest absolute Gasteiger partial charge is 0.0172 e. The Balaban J connectivity index is 1.99. The molecule has 4 unspecified atom stereocenters. The lowest BCUT2D eigenvalue weighted by Gasteiger charge is -2.61. The van der Waals surface area contributed by atoms with E-state index in [-0.39, 0.29) is 0 Å². The van der Waals surface area contributed by atoms with Crippen molar-refractivity contribution in [2.45, 2.75) is 43.5 Å². The van der Waals surface area contributed by atoms with Gasteiger partial charge in [-0.15, -0.1) is 0 Å². The quantitative estimate of drug-likeness (QED) is 0.469. The normalized spacial score (nSPS) is 57.0. The van der Waals surface area contributed by atoms with Gasteiger partial charge in [-0.1, -0.05) is 36.4 Å². The summed E-state index contributed by atoms with van der Waals surface area (Å²) in [7, 11) is 0. The summed E-state index contributed by atoms with van der Waals surface area (Å²) in [6, 6.07) is 0. The maximum atomic E-state index is 2.75. The zero-order valence-electron chi connectivity index (χ0n) is 8.59. The fourth-order valence-electron chi connectivity index (χ4n) is 4.38. The average Bonchev–Trinajstić information content (AvgIpc) is 2.08. The number of hydrogen-bond donors (Lipinski definition) is 0. The van der Waals surface area contributed by atoms with Crippen LogP contribution in [0.2, 0.25) is 0 Å². The third-order valence-corrected chi connectivity index (χ3v) is 7.16. The largest absolute Gasteiger partial charge is 0.0820 e. The lowest BCUT2D eigenvalue weighted by atomic mass is 9.46. The van der Waals surface area contributed by atoms with E-state index in [9.17, 15) is 0 Å². The van der Waals surface area contributed by atoms with E-state index in [0.717, 1.165) is 27.6 Å². The van der Waals surface area contributed by atoms with Gasteiger partial charge in [0, 0.05) is 3.92 Å². The second-order valence-electron chi connectivity index (χ2n) is 6.14. The van der Waals surface area contributed by atoms with Crippen molar-refractivity contribution in [2.75, 3.05) is 0 Å². The van der Waals surface area contributed by atoms with Crippen LogP contribution < -0.4 is 0 Å². The van der Waals surface area contributed by atoms with Gasteiger partial charge in [-0.25, -0.2) is 0 Å². The summed E-state index contributed by atoms with van der Waals surface area (Å²) in [5, 5.41) is 0. The van der Waals surface area contributed by atoms with Gasteiger partial charge < -0.3 is 0 Å². The summed E-state index contributed by atoms with van der Waals surface area (Å²) in [5.41, 5.74) is 0.666. The molecule has 4 bridgehead atoms. The van der Waals surface area contributed by atoms with Crippen molar-refractivity contribution in [1.82, 2.24) is 0 Å². The summed E-state index contributed by atoms with van der Waals surface area (Å²) >= 11 is 2.75. The molecule has 0 aromatic carbocycles. The molecule has 0 spiro atoms. The van der Waals surface area contributed by atoms with Crippen LogP contribution in [0.1, 0.15) is 39.5 Å². The van der Waals surface area contributed by atoms with Crippen LogP contribution in [0.15, 0.2) is 0 Å². The molecule has 0 saturated heterocycles. The van der Waals surface area contributed by atoms with E-state index in [2.05, 4.69) is 36.4 Å². The molecule has 74 valence electrons. The maximum Gasteiger partial charge on any atom is 0.0172 e. The Kier molecular flexibility index (Phi) is 1.83. The van der Waals surface area contributed by atoms with Crippen LogP contribution in [0.25, 0.3) is 0 Å². The van der Waals surface area contributed by atoms with Crippen molar-refractivity contribution in [1.29, 1.82) is 0 Å². The highest BCUT2D eigenvalue weighted by Gasteiger charge is 2.56. The molecule has 13 heavy (non-hydrogen) atoms. The van der Waals surface area contributed by atoms with Crippen LogP contribution >= 0.6 is 22.6 Å². The summed E-state index contributed by atoms with van der Waals surface area (Å²) < 4.78 is 1.00. The zero-order chi connectivity index (χ0) is 9.22. The zero-order valence-corrected chi connectivity index (χ0v) is 10.8. The molecule has 4 aliphatic rings. The van der Waals surface area contributed by atoms with Crippen molar-refractivity contribution in [3.8, 4) is 0 Å². The molecular formula is C12H19I. The van der Waals surface area contributed by atoms with E-state index in [0.29, 0.717) is 5.41 Å². The lowest BCUT2D eigenvalue weighted by molar-refractivity contribution is -0.0779. The first-order chi connectivity index (χ1) is 6.09. The van der Waals surface area contributed by atoms with E-state index in [1.54, 1.807) is 25.7 Å². The predicted octanol–water partition coefficient (Wildman–Crippen LogP) is 3.88. The van der Waals surface area contributed by atoms with E-state index >= 15 is 0 Å². The van der Waals surface area contributed by atoms with Crippen molar-refractivity contribution in [3.63, 3.8) is 0 Å². The lowest BCUT2D eigenvalue weighted by Crippen LogP contribution is -2.55. The van der Waals surface area contributed by atoms with Gasteiger partial charge in [-0.2, -0.15) is 0 Å².